The predicted molar refractivity (Wildman–Crippen MR) is 254 cm³/mol. The third-order valence-corrected chi connectivity index (χ3v) is 11.0. The predicted octanol–water partition coefficient (Wildman–Crippen LogP) is -1.91. The van der Waals surface area contributed by atoms with E-state index in [1.54, 1.807) is 0 Å². The molecule has 0 radical (unpaired) electrons. The number of amides is 9. The van der Waals surface area contributed by atoms with E-state index in [-0.39, 0.29) is 115 Å². The third kappa shape index (κ3) is 35.2. The molecule has 0 aliphatic rings. The second-order valence-corrected chi connectivity index (χ2v) is 19.8. The van der Waals surface area contributed by atoms with Crippen molar-refractivity contribution in [2.45, 2.75) is 106 Å². The van der Waals surface area contributed by atoms with Gasteiger partial charge in [0, 0.05) is 76.1 Å². The third-order valence-electron chi connectivity index (χ3n) is 9.75. The molecule has 0 aliphatic carbocycles. The first kappa shape index (κ1) is 63.0. The molecule has 0 heterocycles. The Hall–Kier alpha value is -5.03. The summed E-state index contributed by atoms with van der Waals surface area (Å²) in [6.45, 7) is 13.7. The number of rotatable bonds is 38. The van der Waals surface area contributed by atoms with Gasteiger partial charge in [-0.2, -0.15) is 0 Å². The Bertz CT molecular complexity index is 1590. The highest BCUT2D eigenvalue weighted by Gasteiger charge is 2.33. The molecule has 0 rings (SSSR count). The first-order valence-corrected chi connectivity index (χ1v) is 25.1. The summed E-state index contributed by atoms with van der Waals surface area (Å²) in [5.41, 5.74) is -1.37. The largest absolute Gasteiger partial charge is 0.355 e. The number of ketones is 1. The molecule has 2 atom stereocenters. The second-order valence-electron chi connectivity index (χ2n) is 17.7. The van der Waals surface area contributed by atoms with E-state index in [4.69, 9.17) is 9.05 Å². The molecule has 0 saturated heterocycles. The molecular weight excluding hydrogens is 910 g/mol. The van der Waals surface area contributed by atoms with Crippen LogP contribution in [-0.2, 0) is 61.6 Å². The highest BCUT2D eigenvalue weighted by atomic mass is 31.2. The maximum absolute atomic E-state index is 13.2. The smallest absolute Gasteiger partial charge is 0.327 e. The normalized spacial score (nSPS) is 12.6. The number of hydrogen-bond donors (Lipinski definition) is 11. The van der Waals surface area contributed by atoms with Crippen LogP contribution in [0.3, 0.4) is 0 Å². The second kappa shape index (κ2) is 35.1. The molecule has 390 valence electrons. The van der Waals surface area contributed by atoms with Crippen LogP contribution < -0.4 is 58.5 Å². The first-order chi connectivity index (χ1) is 31.8. The molecule has 9 amide bonds. The van der Waals surface area contributed by atoms with E-state index in [1.165, 1.54) is 6.66 Å². The topological polar surface area (TPSA) is 339 Å². The molecule has 0 aromatic heterocycles. The summed E-state index contributed by atoms with van der Waals surface area (Å²) in [5.74, 6) is -5.28. The van der Waals surface area contributed by atoms with Crippen molar-refractivity contribution in [2.24, 2.45) is 17.3 Å². The van der Waals surface area contributed by atoms with Gasteiger partial charge in [-0.15, -0.1) is 0 Å². The molecule has 0 aromatic carbocycles. The Morgan fingerprint density at radius 3 is 1.35 bits per heavy atom. The zero-order chi connectivity index (χ0) is 51.7. The number of Topliss-reactive ketones (excluding diaryl/α,β-unsaturated/α-hetero) is 1. The Kier molecular flexibility index (Phi) is 32.5. The number of carbonyl (C=O) groups excluding carboxylic acids is 10. The number of carbonyl (C=O) groups is 10. The van der Waals surface area contributed by atoms with Crippen molar-refractivity contribution < 1.29 is 61.6 Å². The lowest BCUT2D eigenvalue weighted by atomic mass is 9.86. The van der Waals surface area contributed by atoms with Gasteiger partial charge in [-0.1, -0.05) is 61.8 Å². The van der Waals surface area contributed by atoms with E-state index in [9.17, 15) is 52.5 Å². The fourth-order valence-electron chi connectivity index (χ4n) is 5.19. The molecule has 0 spiro atoms. The van der Waals surface area contributed by atoms with E-state index in [0.29, 0.717) is 6.42 Å². The quantitative estimate of drug-likeness (QED) is 0.0183. The van der Waals surface area contributed by atoms with Gasteiger partial charge in [-0.25, -0.2) is 0 Å². The SMILES string of the molecule is CCC(C)COP(C)(=O)OCCNC(=O)CC(=O)NCC(=O)CCC(=O)NCC(CNC(=O)CNC(=O)CCC(C)C)(CNC(=O)CNC(=O)CNC(C)C)CNC(=O)CNC(=O)CNC(C)C. The van der Waals surface area contributed by atoms with Crippen molar-refractivity contribution in [3.63, 3.8) is 0 Å². The number of nitrogens with one attached hydrogen (secondary N) is 11. The monoisotopic (exact) mass is 990 g/mol. The van der Waals surface area contributed by atoms with Gasteiger partial charge in [-0.3, -0.25) is 52.5 Å². The maximum Gasteiger partial charge on any atom is 0.327 e. The van der Waals surface area contributed by atoms with Gasteiger partial charge in [0.2, 0.25) is 53.2 Å². The van der Waals surface area contributed by atoms with Gasteiger partial charge in [0.15, 0.2) is 5.78 Å². The molecule has 0 fully saturated rings. The lowest BCUT2D eigenvalue weighted by molar-refractivity contribution is -0.131. The minimum atomic E-state index is -3.32. The molecule has 0 bridgehead atoms. The summed E-state index contributed by atoms with van der Waals surface area (Å²) in [6.07, 6.45) is 0.365. The van der Waals surface area contributed by atoms with Crippen LogP contribution in [0.2, 0.25) is 0 Å². The van der Waals surface area contributed by atoms with E-state index in [1.807, 2.05) is 55.4 Å². The summed E-state index contributed by atoms with van der Waals surface area (Å²) >= 11 is 0. The average molecular weight is 990 g/mol. The number of hydrogen-bond acceptors (Lipinski definition) is 15. The molecule has 0 aliphatic heterocycles. The van der Waals surface area contributed by atoms with E-state index in [0.717, 1.165) is 6.42 Å². The molecule has 2 unspecified atom stereocenters. The van der Waals surface area contributed by atoms with Crippen LogP contribution in [0.25, 0.3) is 0 Å². The van der Waals surface area contributed by atoms with Crippen molar-refractivity contribution in [1.82, 2.24) is 58.5 Å². The Morgan fingerprint density at radius 1 is 0.485 bits per heavy atom. The Labute approximate surface area is 400 Å². The minimum Gasteiger partial charge on any atom is -0.355 e. The molecule has 25 heteroatoms. The van der Waals surface area contributed by atoms with E-state index >= 15 is 0 Å². The van der Waals surface area contributed by atoms with Crippen LogP contribution in [0, 0.1) is 17.3 Å². The van der Waals surface area contributed by atoms with Crippen LogP contribution in [0.1, 0.15) is 93.9 Å². The van der Waals surface area contributed by atoms with Gasteiger partial charge in [0.1, 0.15) is 6.42 Å². The summed E-state index contributed by atoms with van der Waals surface area (Å²) < 4.78 is 22.9. The zero-order valence-electron chi connectivity index (χ0n) is 41.5. The van der Waals surface area contributed by atoms with Gasteiger partial charge in [0.05, 0.1) is 52.5 Å². The van der Waals surface area contributed by atoms with Crippen LogP contribution >= 0.6 is 7.60 Å². The van der Waals surface area contributed by atoms with Crippen LogP contribution in [0.4, 0.5) is 0 Å². The summed E-state index contributed by atoms with van der Waals surface area (Å²) in [6, 6.07) is 0.0309. The van der Waals surface area contributed by atoms with Gasteiger partial charge >= 0.3 is 7.60 Å². The van der Waals surface area contributed by atoms with E-state index < -0.39 is 92.1 Å². The lowest BCUT2D eigenvalue weighted by Crippen LogP contribution is -2.58. The van der Waals surface area contributed by atoms with Crippen LogP contribution in [0.15, 0.2) is 0 Å². The summed E-state index contributed by atoms with van der Waals surface area (Å²) in [4.78, 5) is 126. The Balaban J connectivity index is 5.74. The molecule has 0 aromatic rings. The van der Waals surface area contributed by atoms with Crippen molar-refractivity contribution in [1.29, 1.82) is 0 Å². The standard InChI is InChI=1S/C43H80N11O13P/c1-10-32(8)24-67-68(9,65)66-16-15-44-36(58)17-37(59)47-18-33(55)12-14-35(57)51-25-43(26-52-40(62)21-48-34(56)13-11-29(2)3,27-53-41(63)22-49-38(60)19-45-30(4)5)28-54-42(64)23-50-39(61)20-46-31(6)7/h29-32,45-46H,10-28H2,1-9H3,(H,44,58)(H,47,59)(H,48,56)(H,49,60)(H,50,61)(H,51,57)(H,52,62)(H,53,63)(H,54,64). The first-order valence-electron chi connectivity index (χ1n) is 23.1. The fraction of sp³-hybridized carbons (Fsp3) is 0.767. The maximum atomic E-state index is 13.2. The molecule has 11 N–H and O–H groups in total. The van der Waals surface area contributed by atoms with Gasteiger partial charge < -0.3 is 67.5 Å². The minimum absolute atomic E-state index is 0.0155. The highest BCUT2D eigenvalue weighted by Crippen LogP contribution is 2.44. The molecular formula is C43H80N11O13P. The Morgan fingerprint density at radius 2 is 0.897 bits per heavy atom. The van der Waals surface area contributed by atoms with Crippen LogP contribution in [0.5, 0.6) is 0 Å². The molecule has 24 nitrogen and oxygen atoms in total. The summed E-state index contributed by atoms with van der Waals surface area (Å²) in [5, 5.41) is 28.9. The lowest BCUT2D eigenvalue weighted by Gasteiger charge is -2.35. The zero-order valence-corrected chi connectivity index (χ0v) is 42.4. The van der Waals surface area contributed by atoms with Crippen molar-refractivity contribution in [3.8, 4) is 0 Å². The fourth-order valence-corrected chi connectivity index (χ4v) is 6.21. The summed E-state index contributed by atoms with van der Waals surface area (Å²) in [7, 11) is -3.32. The van der Waals surface area contributed by atoms with Crippen LogP contribution in [-0.4, -0.2) is 163 Å². The van der Waals surface area contributed by atoms with Crippen molar-refractivity contribution >= 4 is 66.5 Å². The van der Waals surface area contributed by atoms with E-state index in [2.05, 4.69) is 58.5 Å². The van der Waals surface area contributed by atoms with Gasteiger partial charge in [0.25, 0.3) is 0 Å². The molecule has 68 heavy (non-hydrogen) atoms. The van der Waals surface area contributed by atoms with Crippen molar-refractivity contribution in [3.05, 3.63) is 0 Å². The molecule has 0 saturated carbocycles. The van der Waals surface area contributed by atoms with Gasteiger partial charge in [-0.05, 0) is 18.3 Å². The van der Waals surface area contributed by atoms with Crippen molar-refractivity contribution in [2.75, 3.05) is 91.9 Å². The average Bonchev–Trinajstić information content (AvgIpc) is 3.28. The highest BCUT2D eigenvalue weighted by molar-refractivity contribution is 7.52.